The fourth-order valence-electron chi connectivity index (χ4n) is 2.85. The number of nitrogens with zero attached hydrogens (tertiary/aromatic N) is 2. The monoisotopic (exact) mass is 337 g/mol. The van der Waals surface area contributed by atoms with Gasteiger partial charge in [0.2, 0.25) is 0 Å². The van der Waals surface area contributed by atoms with Gasteiger partial charge in [0.25, 0.3) is 0 Å². The molecule has 3 aromatic rings. The van der Waals surface area contributed by atoms with Crippen LogP contribution in [-0.4, -0.2) is 28.7 Å². The second-order valence-electron chi connectivity index (χ2n) is 6.32. The number of methoxy groups -OCH3 is 1. The minimum atomic E-state index is -0.899. The van der Waals surface area contributed by atoms with Crippen molar-refractivity contribution in [2.75, 3.05) is 19.0 Å². The molecule has 0 radical (unpaired) electrons. The van der Waals surface area contributed by atoms with E-state index in [2.05, 4.69) is 15.3 Å². The zero-order chi connectivity index (χ0) is 17.9. The largest absolute Gasteiger partial charge is 0.497 e. The van der Waals surface area contributed by atoms with Gasteiger partial charge in [-0.25, -0.2) is 9.97 Å². The van der Waals surface area contributed by atoms with Gasteiger partial charge in [-0.1, -0.05) is 30.3 Å². The van der Waals surface area contributed by atoms with Gasteiger partial charge in [-0.2, -0.15) is 0 Å². The zero-order valence-electron chi connectivity index (χ0n) is 14.8. The molecule has 0 saturated carbocycles. The molecule has 1 atom stereocenters. The van der Waals surface area contributed by atoms with Crippen LogP contribution in [0.3, 0.4) is 0 Å². The number of aryl methyl sites for hydroxylation is 1. The third-order valence-corrected chi connectivity index (χ3v) is 4.31. The summed E-state index contributed by atoms with van der Waals surface area (Å²) in [6.45, 7) is 4.29. The zero-order valence-corrected chi connectivity index (χ0v) is 14.8. The third kappa shape index (κ3) is 3.88. The van der Waals surface area contributed by atoms with Gasteiger partial charge in [-0.05, 0) is 44.0 Å². The van der Waals surface area contributed by atoms with E-state index in [1.54, 1.807) is 7.11 Å². The molecule has 0 aliphatic carbocycles. The van der Waals surface area contributed by atoms with Crippen molar-refractivity contribution in [3.05, 3.63) is 59.9 Å². The molecule has 1 unspecified atom stereocenters. The summed E-state index contributed by atoms with van der Waals surface area (Å²) in [5.74, 6) is 2.22. The number of nitrogens with one attached hydrogen (secondary N) is 1. The molecular formula is C20H23N3O2. The quantitative estimate of drug-likeness (QED) is 0.718. The average molecular weight is 337 g/mol. The molecule has 0 fully saturated rings. The van der Waals surface area contributed by atoms with Crippen molar-refractivity contribution in [1.82, 2.24) is 9.97 Å². The summed E-state index contributed by atoms with van der Waals surface area (Å²) in [4.78, 5) is 8.97. The van der Waals surface area contributed by atoms with Gasteiger partial charge in [0, 0.05) is 11.9 Å². The highest BCUT2D eigenvalue weighted by Gasteiger charge is 2.22. The normalized spacial score (nSPS) is 13.4. The van der Waals surface area contributed by atoms with E-state index < -0.39 is 5.60 Å². The van der Waals surface area contributed by atoms with E-state index >= 15 is 0 Å². The van der Waals surface area contributed by atoms with E-state index in [1.165, 1.54) is 0 Å². The van der Waals surface area contributed by atoms with Crippen LogP contribution in [0.5, 0.6) is 5.75 Å². The lowest BCUT2D eigenvalue weighted by atomic mass is 9.93. The molecule has 0 amide bonds. The number of ether oxygens (including phenoxy) is 1. The first-order valence-corrected chi connectivity index (χ1v) is 8.34. The Labute approximate surface area is 147 Å². The number of hydrogen-bond acceptors (Lipinski definition) is 5. The highest BCUT2D eigenvalue weighted by molar-refractivity contribution is 5.90. The number of anilines is 1. The van der Waals surface area contributed by atoms with Crippen molar-refractivity contribution in [3.63, 3.8) is 0 Å². The van der Waals surface area contributed by atoms with Crippen molar-refractivity contribution in [3.8, 4) is 5.75 Å². The van der Waals surface area contributed by atoms with Gasteiger partial charge in [-0.3, -0.25) is 0 Å². The van der Waals surface area contributed by atoms with E-state index in [-0.39, 0.29) is 0 Å². The minimum Gasteiger partial charge on any atom is -0.497 e. The SMILES string of the molecule is COc1ccc2nc(C)nc(NCCC(C)(O)c3ccccc3)c2c1. The van der Waals surface area contributed by atoms with Crippen LogP contribution < -0.4 is 10.1 Å². The summed E-state index contributed by atoms with van der Waals surface area (Å²) in [5, 5.41) is 15.0. The molecule has 1 aromatic heterocycles. The predicted molar refractivity (Wildman–Crippen MR) is 99.9 cm³/mol. The van der Waals surface area contributed by atoms with E-state index in [0.717, 1.165) is 28.0 Å². The molecule has 0 saturated heterocycles. The van der Waals surface area contributed by atoms with E-state index in [9.17, 15) is 5.11 Å². The lowest BCUT2D eigenvalue weighted by molar-refractivity contribution is 0.0515. The maximum atomic E-state index is 10.7. The number of rotatable bonds is 6. The highest BCUT2D eigenvalue weighted by Crippen LogP contribution is 2.27. The molecular weight excluding hydrogens is 314 g/mol. The number of aromatic nitrogens is 2. The van der Waals surface area contributed by atoms with Crippen LogP contribution in [0.25, 0.3) is 10.9 Å². The van der Waals surface area contributed by atoms with Gasteiger partial charge >= 0.3 is 0 Å². The molecule has 2 aromatic carbocycles. The first kappa shape index (κ1) is 17.2. The van der Waals surface area contributed by atoms with Crippen molar-refractivity contribution >= 4 is 16.7 Å². The molecule has 1 heterocycles. The summed E-state index contributed by atoms with van der Waals surface area (Å²) in [5.41, 5.74) is 0.872. The fraction of sp³-hybridized carbons (Fsp3) is 0.300. The molecule has 3 rings (SSSR count). The molecule has 0 spiro atoms. The van der Waals surface area contributed by atoms with Crippen molar-refractivity contribution in [1.29, 1.82) is 0 Å². The van der Waals surface area contributed by atoms with Gasteiger partial charge in [-0.15, -0.1) is 0 Å². The lowest BCUT2D eigenvalue weighted by Gasteiger charge is -2.24. The van der Waals surface area contributed by atoms with Crippen LogP contribution in [0.1, 0.15) is 24.7 Å². The topological polar surface area (TPSA) is 67.3 Å². The summed E-state index contributed by atoms with van der Waals surface area (Å²) >= 11 is 0. The average Bonchev–Trinajstić information content (AvgIpc) is 2.62. The summed E-state index contributed by atoms with van der Waals surface area (Å²) in [6.07, 6.45) is 0.561. The fourth-order valence-corrected chi connectivity index (χ4v) is 2.85. The minimum absolute atomic E-state index is 0.561. The van der Waals surface area contributed by atoms with E-state index in [0.29, 0.717) is 18.8 Å². The van der Waals surface area contributed by atoms with Gasteiger partial charge in [0.15, 0.2) is 0 Å². The number of fused-ring (bicyclic) bond motifs is 1. The maximum Gasteiger partial charge on any atom is 0.137 e. The molecule has 25 heavy (non-hydrogen) atoms. The Morgan fingerprint density at radius 2 is 1.88 bits per heavy atom. The lowest BCUT2D eigenvalue weighted by Crippen LogP contribution is -2.24. The summed E-state index contributed by atoms with van der Waals surface area (Å²) in [7, 11) is 1.64. The second-order valence-corrected chi connectivity index (χ2v) is 6.32. The number of aliphatic hydroxyl groups is 1. The second kappa shape index (κ2) is 7.07. The van der Waals surface area contributed by atoms with Crippen molar-refractivity contribution < 1.29 is 9.84 Å². The Balaban J connectivity index is 1.79. The van der Waals surface area contributed by atoms with Crippen LogP contribution in [-0.2, 0) is 5.60 Å². The first-order valence-electron chi connectivity index (χ1n) is 8.34. The Kier molecular flexibility index (Phi) is 4.86. The smallest absolute Gasteiger partial charge is 0.137 e. The summed E-state index contributed by atoms with van der Waals surface area (Å²) in [6, 6.07) is 15.4. The Hall–Kier alpha value is -2.66. The number of benzene rings is 2. The molecule has 5 nitrogen and oxygen atoms in total. The summed E-state index contributed by atoms with van der Waals surface area (Å²) < 4.78 is 5.30. The van der Waals surface area contributed by atoms with Crippen LogP contribution >= 0.6 is 0 Å². The van der Waals surface area contributed by atoms with Crippen LogP contribution in [0.15, 0.2) is 48.5 Å². The van der Waals surface area contributed by atoms with E-state index in [4.69, 9.17) is 4.74 Å². The Morgan fingerprint density at radius 1 is 1.12 bits per heavy atom. The highest BCUT2D eigenvalue weighted by atomic mass is 16.5. The third-order valence-electron chi connectivity index (χ3n) is 4.31. The molecule has 2 N–H and O–H groups in total. The molecule has 0 bridgehead atoms. The predicted octanol–water partition coefficient (Wildman–Crippen LogP) is 3.66. The van der Waals surface area contributed by atoms with Crippen LogP contribution in [0.4, 0.5) is 5.82 Å². The number of hydrogen-bond donors (Lipinski definition) is 2. The van der Waals surface area contributed by atoms with Crippen LogP contribution in [0, 0.1) is 6.92 Å². The van der Waals surface area contributed by atoms with Crippen LogP contribution in [0.2, 0.25) is 0 Å². The van der Waals surface area contributed by atoms with E-state index in [1.807, 2.05) is 62.4 Å². The first-order chi connectivity index (χ1) is 12.0. The molecule has 5 heteroatoms. The van der Waals surface area contributed by atoms with Gasteiger partial charge in [0.05, 0.1) is 18.2 Å². The van der Waals surface area contributed by atoms with Gasteiger partial charge < -0.3 is 15.2 Å². The van der Waals surface area contributed by atoms with Crippen molar-refractivity contribution in [2.45, 2.75) is 25.9 Å². The Bertz CT molecular complexity index is 863. The molecule has 0 aliphatic heterocycles. The Morgan fingerprint density at radius 3 is 2.60 bits per heavy atom. The van der Waals surface area contributed by atoms with Gasteiger partial charge in [0.1, 0.15) is 17.4 Å². The molecule has 0 aliphatic rings. The standard InChI is InChI=1S/C20H23N3O2/c1-14-22-18-10-9-16(25-3)13-17(18)19(23-14)21-12-11-20(2,24)15-7-5-4-6-8-15/h4-10,13,24H,11-12H2,1-3H3,(H,21,22,23). The van der Waals surface area contributed by atoms with Crippen molar-refractivity contribution in [2.24, 2.45) is 0 Å². The molecule has 130 valence electrons. The maximum absolute atomic E-state index is 10.7.